The first-order chi connectivity index (χ1) is 10.2. The maximum absolute atomic E-state index is 13.5. The van der Waals surface area contributed by atoms with Gasteiger partial charge in [0.1, 0.15) is 0 Å². The molecule has 0 saturated heterocycles. The molecule has 0 fully saturated rings. The van der Waals surface area contributed by atoms with Gasteiger partial charge in [0.05, 0.1) is 11.9 Å². The summed E-state index contributed by atoms with van der Waals surface area (Å²) >= 11 is 3.73. The topological polar surface area (TPSA) is 9.23 Å². The largest absolute Gasteiger partial charge is 0.494 e. The maximum atomic E-state index is 13.5. The highest BCUT2D eigenvalue weighted by Gasteiger charge is 2.15. The predicted molar refractivity (Wildman–Crippen MR) is 87.7 cm³/mol. The summed E-state index contributed by atoms with van der Waals surface area (Å²) in [5, 5.41) is 2.37. The smallest absolute Gasteiger partial charge is 0.165 e. The Morgan fingerprint density at radius 1 is 1.00 bits per heavy atom. The second-order valence-corrected chi connectivity index (χ2v) is 5.74. The lowest BCUT2D eigenvalue weighted by molar-refractivity contribution is 0.386. The van der Waals surface area contributed by atoms with E-state index in [4.69, 9.17) is 4.74 Å². The zero-order valence-corrected chi connectivity index (χ0v) is 13.1. The van der Waals surface area contributed by atoms with Crippen LogP contribution in [0.3, 0.4) is 0 Å². The van der Waals surface area contributed by atoms with Crippen molar-refractivity contribution in [1.29, 1.82) is 0 Å². The number of alkyl halides is 1. The van der Waals surface area contributed by atoms with Crippen LogP contribution in [0.25, 0.3) is 10.8 Å². The molecule has 0 heterocycles. The second-order valence-electron chi connectivity index (χ2n) is 4.82. The van der Waals surface area contributed by atoms with Gasteiger partial charge in [-0.1, -0.05) is 64.5 Å². The van der Waals surface area contributed by atoms with Gasteiger partial charge in [-0.15, -0.1) is 0 Å². The van der Waals surface area contributed by atoms with Crippen molar-refractivity contribution < 1.29 is 9.13 Å². The average Bonchev–Trinajstić information content (AvgIpc) is 2.54. The zero-order chi connectivity index (χ0) is 14.8. The first-order valence-corrected chi connectivity index (χ1v) is 7.57. The van der Waals surface area contributed by atoms with Crippen LogP contribution >= 0.6 is 15.9 Å². The van der Waals surface area contributed by atoms with Gasteiger partial charge < -0.3 is 4.74 Å². The maximum Gasteiger partial charge on any atom is 0.165 e. The summed E-state index contributed by atoms with van der Waals surface area (Å²) in [6.45, 7) is 0. The van der Waals surface area contributed by atoms with Crippen molar-refractivity contribution in [3.63, 3.8) is 0 Å². The molecule has 0 aliphatic heterocycles. The SMILES string of the molecule is COc1cc(C(Br)c2cccc3ccccc23)ccc1F. The van der Waals surface area contributed by atoms with Crippen LogP contribution in [0.4, 0.5) is 4.39 Å². The molecule has 0 aliphatic carbocycles. The predicted octanol–water partition coefficient (Wildman–Crippen LogP) is 5.47. The molecule has 106 valence electrons. The lowest BCUT2D eigenvalue weighted by atomic mass is 9.98. The van der Waals surface area contributed by atoms with Crippen molar-refractivity contribution in [2.75, 3.05) is 7.11 Å². The first kappa shape index (κ1) is 14.1. The summed E-state index contributed by atoms with van der Waals surface area (Å²) in [7, 11) is 1.48. The van der Waals surface area contributed by atoms with Gasteiger partial charge >= 0.3 is 0 Å². The number of hydrogen-bond donors (Lipinski definition) is 0. The number of fused-ring (bicyclic) bond motifs is 1. The summed E-state index contributed by atoms with van der Waals surface area (Å²) < 4.78 is 18.6. The van der Waals surface area contributed by atoms with Gasteiger partial charge in [0, 0.05) is 0 Å². The van der Waals surface area contributed by atoms with Crippen LogP contribution in [0, 0.1) is 5.82 Å². The lowest BCUT2D eigenvalue weighted by Crippen LogP contribution is -1.96. The molecule has 0 spiro atoms. The highest BCUT2D eigenvalue weighted by Crippen LogP contribution is 2.36. The molecule has 0 saturated carbocycles. The van der Waals surface area contributed by atoms with E-state index in [9.17, 15) is 4.39 Å². The molecule has 3 heteroatoms. The number of methoxy groups -OCH3 is 1. The Morgan fingerprint density at radius 2 is 1.76 bits per heavy atom. The third-order valence-electron chi connectivity index (χ3n) is 3.56. The van der Waals surface area contributed by atoms with Crippen molar-refractivity contribution in [1.82, 2.24) is 0 Å². The minimum absolute atomic E-state index is 0.0156. The Morgan fingerprint density at radius 3 is 2.57 bits per heavy atom. The van der Waals surface area contributed by atoms with Crippen LogP contribution < -0.4 is 4.74 Å². The second kappa shape index (κ2) is 5.86. The molecule has 1 unspecified atom stereocenters. The molecule has 3 aromatic rings. The van der Waals surface area contributed by atoms with E-state index in [1.807, 2.05) is 18.2 Å². The van der Waals surface area contributed by atoms with Crippen LogP contribution in [-0.4, -0.2) is 7.11 Å². The highest BCUT2D eigenvalue weighted by atomic mass is 79.9. The molecule has 1 atom stereocenters. The molecule has 21 heavy (non-hydrogen) atoms. The number of halogens is 2. The highest BCUT2D eigenvalue weighted by molar-refractivity contribution is 9.09. The summed E-state index contributed by atoms with van der Waals surface area (Å²) in [5.41, 5.74) is 2.12. The molecular formula is C18H14BrFO. The van der Waals surface area contributed by atoms with Crippen LogP contribution in [0.2, 0.25) is 0 Å². The molecule has 0 radical (unpaired) electrons. The van der Waals surface area contributed by atoms with E-state index in [0.29, 0.717) is 0 Å². The summed E-state index contributed by atoms with van der Waals surface area (Å²) in [6.07, 6.45) is 0. The molecule has 0 amide bonds. The number of benzene rings is 3. The van der Waals surface area contributed by atoms with Crippen LogP contribution in [0.1, 0.15) is 16.0 Å². The Labute approximate surface area is 131 Å². The first-order valence-electron chi connectivity index (χ1n) is 6.66. The van der Waals surface area contributed by atoms with E-state index in [1.165, 1.54) is 23.9 Å². The Hall–Kier alpha value is -1.87. The van der Waals surface area contributed by atoms with E-state index in [0.717, 1.165) is 11.1 Å². The van der Waals surface area contributed by atoms with Crippen molar-refractivity contribution >= 4 is 26.7 Å². The van der Waals surface area contributed by atoms with E-state index < -0.39 is 0 Å². The molecular weight excluding hydrogens is 331 g/mol. The van der Waals surface area contributed by atoms with Crippen molar-refractivity contribution in [3.05, 3.63) is 77.6 Å². The minimum Gasteiger partial charge on any atom is -0.494 e. The molecule has 0 bridgehead atoms. The van der Waals surface area contributed by atoms with Gasteiger partial charge in [-0.25, -0.2) is 4.39 Å². The fourth-order valence-electron chi connectivity index (χ4n) is 2.49. The lowest BCUT2D eigenvalue weighted by Gasteiger charge is -2.15. The van der Waals surface area contributed by atoms with Crippen molar-refractivity contribution in [3.8, 4) is 5.75 Å². The van der Waals surface area contributed by atoms with E-state index in [1.54, 1.807) is 12.1 Å². The molecule has 0 N–H and O–H groups in total. The van der Waals surface area contributed by atoms with Gasteiger partial charge in [-0.2, -0.15) is 0 Å². The standard InChI is InChI=1S/C18H14BrFO/c1-21-17-11-13(9-10-16(17)20)18(19)15-8-4-6-12-5-2-3-7-14(12)15/h2-11,18H,1H3. The van der Waals surface area contributed by atoms with Gasteiger partial charge in [-0.05, 0) is 34.0 Å². The van der Waals surface area contributed by atoms with Gasteiger partial charge in [0.25, 0.3) is 0 Å². The summed E-state index contributed by atoms with van der Waals surface area (Å²) in [5.74, 6) is -0.0870. The van der Waals surface area contributed by atoms with E-state index in [2.05, 4.69) is 40.2 Å². The quantitative estimate of drug-likeness (QED) is 0.572. The van der Waals surface area contributed by atoms with E-state index in [-0.39, 0.29) is 16.4 Å². The van der Waals surface area contributed by atoms with Crippen molar-refractivity contribution in [2.24, 2.45) is 0 Å². The normalized spacial score (nSPS) is 12.3. The van der Waals surface area contributed by atoms with Gasteiger partial charge in [-0.3, -0.25) is 0 Å². The molecule has 3 aromatic carbocycles. The summed E-state index contributed by atoms with van der Waals surface area (Å²) in [6, 6.07) is 19.4. The Bertz CT molecular complexity index is 780. The molecule has 3 rings (SSSR count). The average molecular weight is 345 g/mol. The Balaban J connectivity index is 2.10. The van der Waals surface area contributed by atoms with E-state index >= 15 is 0 Å². The third-order valence-corrected chi connectivity index (χ3v) is 4.59. The third kappa shape index (κ3) is 2.66. The van der Waals surface area contributed by atoms with Gasteiger partial charge in [0.2, 0.25) is 0 Å². The number of hydrogen-bond acceptors (Lipinski definition) is 1. The fourth-order valence-corrected chi connectivity index (χ4v) is 3.17. The van der Waals surface area contributed by atoms with Crippen LogP contribution in [0.5, 0.6) is 5.75 Å². The number of ether oxygens (including phenoxy) is 1. The zero-order valence-electron chi connectivity index (χ0n) is 11.5. The van der Waals surface area contributed by atoms with Gasteiger partial charge in [0.15, 0.2) is 11.6 Å². The van der Waals surface area contributed by atoms with Crippen LogP contribution in [0.15, 0.2) is 60.7 Å². The summed E-state index contributed by atoms with van der Waals surface area (Å²) in [4.78, 5) is -0.0156. The molecule has 1 nitrogen and oxygen atoms in total. The monoisotopic (exact) mass is 344 g/mol. The van der Waals surface area contributed by atoms with Crippen molar-refractivity contribution in [2.45, 2.75) is 4.83 Å². The van der Waals surface area contributed by atoms with Crippen LogP contribution in [-0.2, 0) is 0 Å². The molecule has 0 aromatic heterocycles. The number of rotatable bonds is 3. The fraction of sp³-hybridized carbons (Fsp3) is 0.111. The minimum atomic E-state index is -0.348. The Kier molecular flexibility index (Phi) is 3.93. The molecule has 0 aliphatic rings.